The minimum Gasteiger partial charge on any atom is -0.396 e. The molecule has 1 rings (SSSR count). The van der Waals surface area contributed by atoms with Gasteiger partial charge in [0, 0.05) is 29.4 Å². The normalized spacial score (nSPS) is 12.4. The van der Waals surface area contributed by atoms with E-state index in [1.54, 1.807) is 24.0 Å². The second-order valence-electron chi connectivity index (χ2n) is 3.60. The Morgan fingerprint density at radius 2 is 2.31 bits per heavy atom. The fourth-order valence-electron chi connectivity index (χ4n) is 1.27. The van der Waals surface area contributed by atoms with E-state index < -0.39 is 0 Å². The van der Waals surface area contributed by atoms with E-state index in [0.717, 1.165) is 11.3 Å². The van der Waals surface area contributed by atoms with Crippen LogP contribution in [0.4, 0.5) is 0 Å². The number of aromatic nitrogens is 1. The van der Waals surface area contributed by atoms with Crippen LogP contribution in [0, 0.1) is 0 Å². The predicted octanol–water partition coefficient (Wildman–Crippen LogP) is 2.54. The van der Waals surface area contributed by atoms with Gasteiger partial charge in [-0.2, -0.15) is 0 Å². The lowest BCUT2D eigenvalue weighted by Gasteiger charge is -2.08. The maximum atomic E-state index is 11.3. The van der Waals surface area contributed by atoms with Crippen molar-refractivity contribution in [1.82, 2.24) is 4.98 Å². The van der Waals surface area contributed by atoms with Crippen LogP contribution >= 0.6 is 11.8 Å². The number of thioether (sulfide) groups is 1. The number of aliphatic hydroxyl groups excluding tert-OH is 1. The summed E-state index contributed by atoms with van der Waals surface area (Å²) in [6.45, 7) is 4.09. The molecule has 0 fully saturated rings. The summed E-state index contributed by atoms with van der Waals surface area (Å²) in [7, 11) is 0. The van der Waals surface area contributed by atoms with Crippen molar-refractivity contribution < 1.29 is 9.90 Å². The first-order valence-corrected chi connectivity index (χ1v) is 6.32. The summed E-state index contributed by atoms with van der Waals surface area (Å²) in [5, 5.41) is 9.15. The first-order chi connectivity index (χ1) is 7.67. The smallest absolute Gasteiger partial charge is 0.180 e. The van der Waals surface area contributed by atoms with E-state index in [0.29, 0.717) is 17.4 Å². The highest BCUT2D eigenvalue weighted by Crippen LogP contribution is 2.24. The van der Waals surface area contributed by atoms with E-state index >= 15 is 0 Å². The zero-order chi connectivity index (χ0) is 12.0. The number of carbonyl (C=O) groups excluding carboxylic acids is 1. The van der Waals surface area contributed by atoms with Gasteiger partial charge in [0.2, 0.25) is 0 Å². The Bertz CT molecular complexity index is 337. The molecule has 1 N–H and O–H groups in total. The number of carbonyl (C=O) groups is 1. The first-order valence-electron chi connectivity index (χ1n) is 5.44. The van der Waals surface area contributed by atoms with E-state index in [9.17, 15) is 4.79 Å². The summed E-state index contributed by atoms with van der Waals surface area (Å²) >= 11 is 1.66. The average Bonchev–Trinajstić information content (AvgIpc) is 2.29. The Labute approximate surface area is 100 Å². The molecule has 0 aliphatic rings. The van der Waals surface area contributed by atoms with Gasteiger partial charge in [-0.25, -0.2) is 0 Å². The van der Waals surface area contributed by atoms with Crippen LogP contribution in [0.15, 0.2) is 23.2 Å². The number of aliphatic hydroxyl groups is 1. The van der Waals surface area contributed by atoms with E-state index in [-0.39, 0.29) is 12.4 Å². The molecule has 1 unspecified atom stereocenters. The molecule has 0 aliphatic heterocycles. The molecule has 1 aromatic heterocycles. The van der Waals surface area contributed by atoms with Crippen molar-refractivity contribution in [3.05, 3.63) is 24.0 Å². The summed E-state index contributed by atoms with van der Waals surface area (Å²) in [5.74, 6) is 0.0694. The van der Waals surface area contributed by atoms with Gasteiger partial charge in [0.1, 0.15) is 5.69 Å². The molecule has 88 valence electrons. The zero-order valence-electron chi connectivity index (χ0n) is 9.64. The Morgan fingerprint density at radius 1 is 1.56 bits per heavy atom. The molecule has 1 aromatic rings. The Balaban J connectivity index is 2.61. The highest BCUT2D eigenvalue weighted by Gasteiger charge is 2.07. The fourth-order valence-corrected chi connectivity index (χ4v) is 2.22. The van der Waals surface area contributed by atoms with Gasteiger partial charge in [0.25, 0.3) is 0 Å². The molecule has 3 nitrogen and oxygen atoms in total. The quantitative estimate of drug-likeness (QED) is 0.612. The number of rotatable bonds is 6. The van der Waals surface area contributed by atoms with Crippen LogP contribution in [-0.4, -0.2) is 27.7 Å². The van der Waals surface area contributed by atoms with Crippen LogP contribution in [0.25, 0.3) is 0 Å². The molecule has 16 heavy (non-hydrogen) atoms. The minimum atomic E-state index is 0.0694. The Hall–Kier alpha value is -0.870. The van der Waals surface area contributed by atoms with Gasteiger partial charge in [-0.3, -0.25) is 9.78 Å². The standard InChI is InChI=1S/C12H17NO2S/c1-3-12(15)11-5-4-10(8-13-11)16-9(2)6-7-14/h4-5,8-9,14H,3,6-7H2,1-2H3. The number of nitrogens with zero attached hydrogens (tertiary/aromatic N) is 1. The molecule has 4 heteroatoms. The lowest BCUT2D eigenvalue weighted by atomic mass is 10.2. The lowest BCUT2D eigenvalue weighted by Crippen LogP contribution is -2.01. The third kappa shape index (κ3) is 3.94. The number of Topliss-reactive ketones (excluding diaryl/α,β-unsaturated/α-hetero) is 1. The molecule has 0 bridgehead atoms. The maximum Gasteiger partial charge on any atom is 0.180 e. The predicted molar refractivity (Wildman–Crippen MR) is 65.9 cm³/mol. The van der Waals surface area contributed by atoms with Gasteiger partial charge in [-0.05, 0) is 18.6 Å². The average molecular weight is 239 g/mol. The maximum absolute atomic E-state index is 11.3. The van der Waals surface area contributed by atoms with Crippen molar-refractivity contribution in [2.75, 3.05) is 6.61 Å². The number of pyridine rings is 1. The van der Waals surface area contributed by atoms with Crippen LogP contribution in [0.3, 0.4) is 0 Å². The second-order valence-corrected chi connectivity index (χ2v) is 5.11. The van der Waals surface area contributed by atoms with Crippen molar-refractivity contribution in [3.8, 4) is 0 Å². The Morgan fingerprint density at radius 3 is 2.81 bits per heavy atom. The van der Waals surface area contributed by atoms with Crippen molar-refractivity contribution in [1.29, 1.82) is 0 Å². The highest BCUT2D eigenvalue weighted by molar-refractivity contribution is 7.99. The molecular formula is C12H17NO2S. The molecule has 1 heterocycles. The molecule has 0 amide bonds. The van der Waals surface area contributed by atoms with E-state index in [4.69, 9.17) is 5.11 Å². The van der Waals surface area contributed by atoms with Crippen molar-refractivity contribution in [3.63, 3.8) is 0 Å². The first kappa shape index (κ1) is 13.2. The van der Waals surface area contributed by atoms with Crippen molar-refractivity contribution >= 4 is 17.5 Å². The molecule has 0 radical (unpaired) electrons. The van der Waals surface area contributed by atoms with Crippen molar-refractivity contribution in [2.45, 2.75) is 36.8 Å². The van der Waals surface area contributed by atoms with Crippen molar-refractivity contribution in [2.24, 2.45) is 0 Å². The molecule has 0 saturated heterocycles. The third-order valence-corrected chi connectivity index (χ3v) is 3.37. The SMILES string of the molecule is CCC(=O)c1ccc(SC(C)CCO)cn1. The largest absolute Gasteiger partial charge is 0.396 e. The number of hydrogen-bond acceptors (Lipinski definition) is 4. The zero-order valence-corrected chi connectivity index (χ0v) is 10.5. The summed E-state index contributed by atoms with van der Waals surface area (Å²) in [4.78, 5) is 16.5. The van der Waals surface area contributed by atoms with E-state index in [2.05, 4.69) is 11.9 Å². The van der Waals surface area contributed by atoms with Crippen LogP contribution in [0.2, 0.25) is 0 Å². The molecule has 0 spiro atoms. The summed E-state index contributed by atoms with van der Waals surface area (Å²) < 4.78 is 0. The van der Waals surface area contributed by atoms with E-state index in [1.165, 1.54) is 0 Å². The molecule has 1 atom stereocenters. The number of ketones is 1. The van der Waals surface area contributed by atoms with Crippen LogP contribution in [0.1, 0.15) is 37.2 Å². The minimum absolute atomic E-state index is 0.0694. The van der Waals surface area contributed by atoms with Crippen LogP contribution in [0.5, 0.6) is 0 Å². The molecule has 0 aliphatic carbocycles. The number of hydrogen-bond donors (Lipinski definition) is 1. The van der Waals surface area contributed by atoms with Gasteiger partial charge in [-0.1, -0.05) is 13.8 Å². The van der Waals surface area contributed by atoms with Gasteiger partial charge >= 0.3 is 0 Å². The fraction of sp³-hybridized carbons (Fsp3) is 0.500. The summed E-state index contributed by atoms with van der Waals surface area (Å²) in [5.41, 5.74) is 0.529. The highest BCUT2D eigenvalue weighted by atomic mass is 32.2. The molecule has 0 saturated carbocycles. The molecular weight excluding hydrogens is 222 g/mol. The van der Waals surface area contributed by atoms with Crippen LogP contribution < -0.4 is 0 Å². The summed E-state index contributed by atoms with van der Waals surface area (Å²) in [6, 6.07) is 3.67. The van der Waals surface area contributed by atoms with Gasteiger partial charge < -0.3 is 5.11 Å². The van der Waals surface area contributed by atoms with Gasteiger partial charge in [0.15, 0.2) is 5.78 Å². The van der Waals surface area contributed by atoms with Gasteiger partial charge in [-0.15, -0.1) is 11.8 Å². The molecule has 0 aromatic carbocycles. The van der Waals surface area contributed by atoms with E-state index in [1.807, 2.05) is 13.0 Å². The van der Waals surface area contributed by atoms with Crippen LogP contribution in [-0.2, 0) is 0 Å². The van der Waals surface area contributed by atoms with Gasteiger partial charge in [0.05, 0.1) is 0 Å². The third-order valence-electron chi connectivity index (χ3n) is 2.22. The second kappa shape index (κ2) is 6.66. The lowest BCUT2D eigenvalue weighted by molar-refractivity contribution is 0.0983. The Kier molecular flexibility index (Phi) is 5.49. The monoisotopic (exact) mass is 239 g/mol. The topological polar surface area (TPSA) is 50.2 Å². The summed E-state index contributed by atoms with van der Waals surface area (Å²) in [6.07, 6.45) is 2.97.